The van der Waals surface area contributed by atoms with Crippen molar-refractivity contribution in [2.75, 3.05) is 55.0 Å². The molecule has 0 bridgehead atoms. The van der Waals surface area contributed by atoms with Crippen LogP contribution in [0.1, 0.15) is 11.3 Å². The molecular formula is C17H20F4N6. The highest BCUT2D eigenvalue weighted by atomic mass is 19.4. The first-order valence-electron chi connectivity index (χ1n) is 8.41. The number of alkyl halides is 3. The van der Waals surface area contributed by atoms with Crippen LogP contribution in [0.3, 0.4) is 0 Å². The van der Waals surface area contributed by atoms with Gasteiger partial charge in [0.2, 0.25) is 5.95 Å². The van der Waals surface area contributed by atoms with E-state index in [4.69, 9.17) is 0 Å². The SMILES string of the molecule is Cc1cc(N2CCN(c3ncc(C(F)(F)F)cc3F)CC2)nc(N(C)C)n1. The Bertz CT molecular complexity index is 816. The summed E-state index contributed by atoms with van der Waals surface area (Å²) in [5, 5.41) is 0. The van der Waals surface area contributed by atoms with Crippen LogP contribution in [0.4, 0.5) is 35.1 Å². The molecular weight excluding hydrogens is 364 g/mol. The second-order valence-electron chi connectivity index (χ2n) is 6.56. The topological polar surface area (TPSA) is 48.4 Å². The Labute approximate surface area is 154 Å². The zero-order chi connectivity index (χ0) is 19.8. The number of piperazine rings is 1. The normalized spacial score (nSPS) is 15.2. The molecule has 0 aliphatic carbocycles. The van der Waals surface area contributed by atoms with E-state index in [1.165, 1.54) is 0 Å². The lowest BCUT2D eigenvalue weighted by Crippen LogP contribution is -2.47. The average Bonchev–Trinajstić information content (AvgIpc) is 2.60. The highest BCUT2D eigenvalue weighted by Gasteiger charge is 2.32. The van der Waals surface area contributed by atoms with Crippen LogP contribution in [0.25, 0.3) is 0 Å². The number of nitrogens with zero attached hydrogens (tertiary/aromatic N) is 6. The molecule has 0 amide bonds. The number of hydrogen-bond acceptors (Lipinski definition) is 6. The Morgan fingerprint density at radius 1 is 1.00 bits per heavy atom. The summed E-state index contributed by atoms with van der Waals surface area (Å²) in [6, 6.07) is 2.37. The molecule has 0 radical (unpaired) electrons. The number of anilines is 3. The van der Waals surface area contributed by atoms with E-state index in [0.717, 1.165) is 11.5 Å². The summed E-state index contributed by atoms with van der Waals surface area (Å²) in [6.45, 7) is 3.83. The second kappa shape index (κ2) is 7.16. The molecule has 1 saturated heterocycles. The van der Waals surface area contributed by atoms with Crippen LogP contribution in [-0.2, 0) is 6.18 Å². The Morgan fingerprint density at radius 2 is 1.63 bits per heavy atom. The van der Waals surface area contributed by atoms with Gasteiger partial charge in [-0.05, 0) is 13.0 Å². The Kier molecular flexibility index (Phi) is 5.07. The molecule has 1 aliphatic rings. The van der Waals surface area contributed by atoms with E-state index < -0.39 is 17.6 Å². The van der Waals surface area contributed by atoms with Crippen molar-refractivity contribution in [3.8, 4) is 0 Å². The lowest BCUT2D eigenvalue weighted by molar-refractivity contribution is -0.138. The molecule has 0 spiro atoms. The summed E-state index contributed by atoms with van der Waals surface area (Å²) in [4.78, 5) is 18.1. The number of rotatable bonds is 3. The first-order chi connectivity index (χ1) is 12.6. The van der Waals surface area contributed by atoms with Crippen molar-refractivity contribution in [2.24, 2.45) is 0 Å². The van der Waals surface area contributed by atoms with Gasteiger partial charge in [-0.3, -0.25) is 0 Å². The molecule has 10 heteroatoms. The largest absolute Gasteiger partial charge is 0.417 e. The van der Waals surface area contributed by atoms with Crippen LogP contribution in [0.15, 0.2) is 18.3 Å². The van der Waals surface area contributed by atoms with Gasteiger partial charge in [0.15, 0.2) is 11.6 Å². The van der Waals surface area contributed by atoms with Crippen molar-refractivity contribution in [1.82, 2.24) is 15.0 Å². The highest BCUT2D eigenvalue weighted by molar-refractivity contribution is 5.49. The zero-order valence-corrected chi connectivity index (χ0v) is 15.3. The van der Waals surface area contributed by atoms with Crippen molar-refractivity contribution in [3.63, 3.8) is 0 Å². The quantitative estimate of drug-likeness (QED) is 0.759. The summed E-state index contributed by atoms with van der Waals surface area (Å²) in [5.74, 6) is 0.344. The molecule has 2 aromatic heterocycles. The van der Waals surface area contributed by atoms with Crippen molar-refractivity contribution in [1.29, 1.82) is 0 Å². The molecule has 2 aromatic rings. The van der Waals surface area contributed by atoms with Gasteiger partial charge in [-0.25, -0.2) is 14.4 Å². The first-order valence-corrected chi connectivity index (χ1v) is 8.41. The number of pyridine rings is 1. The second-order valence-corrected chi connectivity index (χ2v) is 6.56. The van der Waals surface area contributed by atoms with Crippen LogP contribution in [0, 0.1) is 12.7 Å². The molecule has 146 valence electrons. The predicted molar refractivity (Wildman–Crippen MR) is 94.7 cm³/mol. The van der Waals surface area contributed by atoms with E-state index >= 15 is 0 Å². The molecule has 27 heavy (non-hydrogen) atoms. The molecule has 0 N–H and O–H groups in total. The fraction of sp³-hybridized carbons (Fsp3) is 0.471. The number of aromatic nitrogens is 3. The molecule has 0 saturated carbocycles. The molecule has 0 atom stereocenters. The zero-order valence-electron chi connectivity index (χ0n) is 15.3. The Hall–Kier alpha value is -2.65. The average molecular weight is 384 g/mol. The monoisotopic (exact) mass is 384 g/mol. The minimum atomic E-state index is -4.61. The van der Waals surface area contributed by atoms with Crippen molar-refractivity contribution in [3.05, 3.63) is 35.4 Å². The van der Waals surface area contributed by atoms with Crippen LogP contribution >= 0.6 is 0 Å². The summed E-state index contributed by atoms with van der Waals surface area (Å²) in [6.07, 6.45) is -3.94. The summed E-state index contributed by atoms with van der Waals surface area (Å²) >= 11 is 0. The Morgan fingerprint density at radius 3 is 2.19 bits per heavy atom. The van der Waals surface area contributed by atoms with E-state index in [-0.39, 0.29) is 5.82 Å². The van der Waals surface area contributed by atoms with Gasteiger partial charge in [0.25, 0.3) is 0 Å². The minimum absolute atomic E-state index is 0.0597. The number of aryl methyl sites for hydroxylation is 1. The summed E-state index contributed by atoms with van der Waals surface area (Å²) in [5.41, 5.74) is -0.253. The lowest BCUT2D eigenvalue weighted by atomic mass is 10.2. The van der Waals surface area contributed by atoms with Gasteiger partial charge in [-0.15, -0.1) is 0 Å². The van der Waals surface area contributed by atoms with Crippen LogP contribution in [-0.4, -0.2) is 55.2 Å². The van der Waals surface area contributed by atoms with Gasteiger partial charge in [0.05, 0.1) is 5.56 Å². The van der Waals surface area contributed by atoms with E-state index in [0.29, 0.717) is 44.4 Å². The maximum absolute atomic E-state index is 14.1. The highest BCUT2D eigenvalue weighted by Crippen LogP contribution is 2.31. The summed E-state index contributed by atoms with van der Waals surface area (Å²) < 4.78 is 52.1. The van der Waals surface area contributed by atoms with E-state index in [2.05, 4.69) is 15.0 Å². The number of halogens is 4. The van der Waals surface area contributed by atoms with Crippen LogP contribution < -0.4 is 14.7 Å². The van der Waals surface area contributed by atoms with Gasteiger partial charge in [-0.2, -0.15) is 18.2 Å². The number of hydrogen-bond donors (Lipinski definition) is 0. The van der Waals surface area contributed by atoms with Gasteiger partial charge in [0.1, 0.15) is 5.82 Å². The van der Waals surface area contributed by atoms with Gasteiger partial charge in [-0.1, -0.05) is 0 Å². The van der Waals surface area contributed by atoms with Crippen LogP contribution in [0.2, 0.25) is 0 Å². The van der Waals surface area contributed by atoms with E-state index in [1.807, 2.05) is 36.9 Å². The van der Waals surface area contributed by atoms with Crippen molar-refractivity contribution >= 4 is 17.6 Å². The third kappa shape index (κ3) is 4.20. The molecule has 3 rings (SSSR count). The summed E-state index contributed by atoms with van der Waals surface area (Å²) in [7, 11) is 3.71. The standard InChI is InChI=1S/C17H20F4N6/c1-11-8-14(24-16(23-11)25(2)3)26-4-6-27(7-5-26)15-13(18)9-12(10-22-15)17(19,20)21/h8-10H,4-7H2,1-3H3. The van der Waals surface area contributed by atoms with Crippen molar-refractivity contribution in [2.45, 2.75) is 13.1 Å². The fourth-order valence-electron chi connectivity index (χ4n) is 2.86. The smallest absolute Gasteiger partial charge is 0.353 e. The lowest BCUT2D eigenvalue weighted by Gasteiger charge is -2.36. The Balaban J connectivity index is 1.73. The van der Waals surface area contributed by atoms with Gasteiger partial charge in [0, 0.05) is 58.2 Å². The van der Waals surface area contributed by atoms with Gasteiger partial charge >= 0.3 is 6.18 Å². The minimum Gasteiger partial charge on any atom is -0.353 e. The molecule has 0 unspecified atom stereocenters. The molecule has 1 fully saturated rings. The van der Waals surface area contributed by atoms with E-state index in [1.54, 1.807) is 4.90 Å². The van der Waals surface area contributed by atoms with E-state index in [9.17, 15) is 17.6 Å². The van der Waals surface area contributed by atoms with Gasteiger partial charge < -0.3 is 14.7 Å². The fourth-order valence-corrected chi connectivity index (χ4v) is 2.86. The molecule has 1 aliphatic heterocycles. The molecule has 0 aromatic carbocycles. The van der Waals surface area contributed by atoms with Crippen molar-refractivity contribution < 1.29 is 17.6 Å². The third-order valence-electron chi connectivity index (χ3n) is 4.28. The third-order valence-corrected chi connectivity index (χ3v) is 4.28. The maximum Gasteiger partial charge on any atom is 0.417 e. The first kappa shape index (κ1) is 19.1. The maximum atomic E-state index is 14.1. The predicted octanol–water partition coefficient (Wildman–Crippen LogP) is 2.73. The molecule has 3 heterocycles. The molecule has 6 nitrogen and oxygen atoms in total. The van der Waals surface area contributed by atoms with Crippen LogP contribution in [0.5, 0.6) is 0 Å².